The lowest BCUT2D eigenvalue weighted by Crippen LogP contribution is -2.36. The summed E-state index contributed by atoms with van der Waals surface area (Å²) in [5.74, 6) is -0.511. The van der Waals surface area contributed by atoms with Gasteiger partial charge in [0.05, 0.1) is 5.75 Å². The number of carbonyl (C=O) groups is 1. The average molecular weight is 319 g/mol. The van der Waals surface area contributed by atoms with E-state index in [-0.39, 0.29) is 24.1 Å². The molecule has 1 atom stereocenters. The second-order valence-corrected chi connectivity index (χ2v) is 7.03. The number of nitrogens with one attached hydrogen (secondary N) is 2. The molecule has 0 fully saturated rings. The van der Waals surface area contributed by atoms with E-state index in [9.17, 15) is 13.2 Å². The average Bonchev–Trinajstić information content (AvgIpc) is 2.41. The highest BCUT2D eigenvalue weighted by Gasteiger charge is 2.14. The van der Waals surface area contributed by atoms with Crippen LogP contribution in [0, 0.1) is 5.92 Å². The molecule has 7 heteroatoms. The van der Waals surface area contributed by atoms with Crippen LogP contribution in [0.5, 0.6) is 0 Å². The molecule has 5 nitrogen and oxygen atoms in total. The minimum Gasteiger partial charge on any atom is -0.355 e. The van der Waals surface area contributed by atoms with Crippen molar-refractivity contribution in [2.45, 2.75) is 13.3 Å². The fraction of sp³-hybridized carbons (Fsp3) is 0.462. The summed E-state index contributed by atoms with van der Waals surface area (Å²) in [5, 5.41) is 3.28. The van der Waals surface area contributed by atoms with Crippen LogP contribution < -0.4 is 10.0 Å². The highest BCUT2D eigenvalue weighted by Crippen LogP contribution is 2.13. The Morgan fingerprint density at radius 2 is 1.90 bits per heavy atom. The third-order valence-corrected chi connectivity index (χ3v) is 4.50. The standard InChI is InChI=1S/C13H19ClN2O3S/c1-10(9-11-3-5-12(14)6-4-11)13(17)16-7-8-20(18,19)15-2/h3-6,10,15H,7-9H2,1-2H3,(H,16,17). The first kappa shape index (κ1) is 16.9. The molecule has 1 aromatic carbocycles. The van der Waals surface area contributed by atoms with E-state index in [2.05, 4.69) is 10.0 Å². The van der Waals surface area contributed by atoms with Crippen LogP contribution in [0.25, 0.3) is 0 Å². The molecule has 1 amide bonds. The number of sulfonamides is 1. The van der Waals surface area contributed by atoms with Crippen molar-refractivity contribution < 1.29 is 13.2 Å². The quantitative estimate of drug-likeness (QED) is 0.793. The summed E-state index contributed by atoms with van der Waals surface area (Å²) in [6.07, 6.45) is 0.585. The van der Waals surface area contributed by atoms with Gasteiger partial charge in [-0.15, -0.1) is 0 Å². The topological polar surface area (TPSA) is 75.3 Å². The highest BCUT2D eigenvalue weighted by atomic mass is 35.5. The number of rotatable bonds is 7. The van der Waals surface area contributed by atoms with Crippen LogP contribution in [0.4, 0.5) is 0 Å². The molecular formula is C13H19ClN2O3S. The van der Waals surface area contributed by atoms with Crippen molar-refractivity contribution in [3.05, 3.63) is 34.9 Å². The van der Waals surface area contributed by atoms with Crippen LogP contribution in [-0.2, 0) is 21.2 Å². The Balaban J connectivity index is 2.41. The Morgan fingerprint density at radius 3 is 2.45 bits per heavy atom. The molecule has 1 aromatic rings. The van der Waals surface area contributed by atoms with Crippen molar-refractivity contribution in [3.63, 3.8) is 0 Å². The van der Waals surface area contributed by atoms with E-state index < -0.39 is 10.0 Å². The molecule has 0 saturated heterocycles. The smallest absolute Gasteiger partial charge is 0.223 e. The maximum Gasteiger partial charge on any atom is 0.223 e. The third-order valence-electron chi connectivity index (χ3n) is 2.88. The summed E-state index contributed by atoms with van der Waals surface area (Å²) >= 11 is 5.79. The van der Waals surface area contributed by atoms with Crippen LogP contribution in [0.1, 0.15) is 12.5 Å². The molecule has 0 heterocycles. The molecule has 0 bridgehead atoms. The second kappa shape index (κ2) is 7.61. The van der Waals surface area contributed by atoms with Crippen molar-refractivity contribution in [1.29, 1.82) is 0 Å². The maximum absolute atomic E-state index is 11.8. The molecular weight excluding hydrogens is 300 g/mol. The monoisotopic (exact) mass is 318 g/mol. The predicted molar refractivity (Wildman–Crippen MR) is 80.2 cm³/mol. The van der Waals surface area contributed by atoms with E-state index >= 15 is 0 Å². The van der Waals surface area contributed by atoms with Crippen molar-refractivity contribution >= 4 is 27.5 Å². The van der Waals surface area contributed by atoms with E-state index in [0.717, 1.165) is 5.56 Å². The van der Waals surface area contributed by atoms with Crippen LogP contribution in [0.15, 0.2) is 24.3 Å². The minimum absolute atomic E-state index is 0.104. The SMILES string of the molecule is CNS(=O)(=O)CCNC(=O)C(C)Cc1ccc(Cl)cc1. The van der Waals surface area contributed by atoms with Gasteiger partial charge in [0.15, 0.2) is 0 Å². The first-order valence-corrected chi connectivity index (χ1v) is 8.30. The van der Waals surface area contributed by atoms with Gasteiger partial charge < -0.3 is 5.32 Å². The van der Waals surface area contributed by atoms with Gasteiger partial charge in [-0.25, -0.2) is 13.1 Å². The number of amides is 1. The van der Waals surface area contributed by atoms with Crippen LogP contribution >= 0.6 is 11.6 Å². The molecule has 20 heavy (non-hydrogen) atoms. The van der Waals surface area contributed by atoms with Crippen LogP contribution in [-0.4, -0.2) is 33.7 Å². The molecule has 0 saturated carbocycles. The van der Waals surface area contributed by atoms with Crippen molar-refractivity contribution in [2.24, 2.45) is 5.92 Å². The van der Waals surface area contributed by atoms with Crippen molar-refractivity contribution in [3.8, 4) is 0 Å². The van der Waals surface area contributed by atoms with Gasteiger partial charge in [0.1, 0.15) is 0 Å². The first-order chi connectivity index (χ1) is 9.34. The summed E-state index contributed by atoms with van der Waals surface area (Å²) in [7, 11) is -1.94. The van der Waals surface area contributed by atoms with E-state index in [0.29, 0.717) is 11.4 Å². The lowest BCUT2D eigenvalue weighted by atomic mass is 10.0. The van der Waals surface area contributed by atoms with Gasteiger partial charge in [-0.2, -0.15) is 0 Å². The summed E-state index contributed by atoms with van der Waals surface area (Å²) in [6, 6.07) is 7.30. The van der Waals surface area contributed by atoms with E-state index in [1.807, 2.05) is 12.1 Å². The summed E-state index contributed by atoms with van der Waals surface area (Å²) < 4.78 is 24.6. The molecule has 0 spiro atoms. The van der Waals surface area contributed by atoms with E-state index in [1.165, 1.54) is 7.05 Å². The number of carbonyl (C=O) groups excluding carboxylic acids is 1. The molecule has 0 aliphatic carbocycles. The molecule has 112 valence electrons. The number of benzene rings is 1. The summed E-state index contributed by atoms with van der Waals surface area (Å²) in [4.78, 5) is 11.8. The normalized spacial score (nSPS) is 12.9. The molecule has 0 aromatic heterocycles. The summed E-state index contributed by atoms with van der Waals surface area (Å²) in [5.41, 5.74) is 1.01. The zero-order valence-corrected chi connectivity index (χ0v) is 13.1. The van der Waals surface area contributed by atoms with Gasteiger partial charge in [0.2, 0.25) is 15.9 Å². The van der Waals surface area contributed by atoms with Gasteiger partial charge in [-0.05, 0) is 31.2 Å². The van der Waals surface area contributed by atoms with Gasteiger partial charge in [-0.3, -0.25) is 4.79 Å². The van der Waals surface area contributed by atoms with E-state index in [1.54, 1.807) is 19.1 Å². The largest absolute Gasteiger partial charge is 0.355 e. The number of halogens is 1. The highest BCUT2D eigenvalue weighted by molar-refractivity contribution is 7.89. The number of hydrogen-bond donors (Lipinski definition) is 2. The minimum atomic E-state index is -3.28. The van der Waals surface area contributed by atoms with Gasteiger partial charge in [-0.1, -0.05) is 30.7 Å². The number of hydrogen-bond acceptors (Lipinski definition) is 3. The molecule has 1 rings (SSSR count). The van der Waals surface area contributed by atoms with Crippen molar-refractivity contribution in [2.75, 3.05) is 19.3 Å². The van der Waals surface area contributed by atoms with Gasteiger partial charge in [0, 0.05) is 17.5 Å². The lowest BCUT2D eigenvalue weighted by Gasteiger charge is -2.12. The molecule has 0 radical (unpaired) electrons. The maximum atomic E-state index is 11.8. The second-order valence-electron chi connectivity index (χ2n) is 4.55. The molecule has 1 unspecified atom stereocenters. The third kappa shape index (κ3) is 5.90. The Kier molecular flexibility index (Phi) is 6.45. The Bertz CT molecular complexity index is 543. The van der Waals surface area contributed by atoms with E-state index in [4.69, 9.17) is 11.6 Å². The lowest BCUT2D eigenvalue weighted by molar-refractivity contribution is -0.124. The van der Waals surface area contributed by atoms with Gasteiger partial charge >= 0.3 is 0 Å². The Labute approximate surface area is 124 Å². The Hall–Kier alpha value is -1.11. The first-order valence-electron chi connectivity index (χ1n) is 6.27. The fourth-order valence-electron chi connectivity index (χ4n) is 1.65. The fourth-order valence-corrected chi connectivity index (χ4v) is 2.35. The zero-order chi connectivity index (χ0) is 15.2. The van der Waals surface area contributed by atoms with Crippen LogP contribution in [0.2, 0.25) is 5.02 Å². The molecule has 2 N–H and O–H groups in total. The predicted octanol–water partition coefficient (Wildman–Crippen LogP) is 1.18. The molecule has 0 aliphatic heterocycles. The Morgan fingerprint density at radius 1 is 1.30 bits per heavy atom. The van der Waals surface area contributed by atoms with Gasteiger partial charge in [0.25, 0.3) is 0 Å². The zero-order valence-electron chi connectivity index (χ0n) is 11.5. The summed E-state index contributed by atoms with van der Waals surface area (Å²) in [6.45, 7) is 1.91. The van der Waals surface area contributed by atoms with Crippen LogP contribution in [0.3, 0.4) is 0 Å². The van der Waals surface area contributed by atoms with Crippen molar-refractivity contribution in [1.82, 2.24) is 10.0 Å². The molecule has 0 aliphatic rings.